The first kappa shape index (κ1) is 97.1. The molecule has 0 aromatic carbocycles. The van der Waals surface area contributed by atoms with Gasteiger partial charge in [0.2, 0.25) is 0 Å². The molecule has 0 amide bonds. The van der Waals surface area contributed by atoms with E-state index in [4.69, 9.17) is 37.0 Å². The molecule has 7 atom stereocenters. The second-order valence-corrected chi connectivity index (χ2v) is 32.7. The molecular weight excluding hydrogens is 1290 g/mol. The summed E-state index contributed by atoms with van der Waals surface area (Å²) in [5.74, 6) is 0.320. The Labute approximate surface area is 607 Å². The maximum Gasteiger partial charge on any atom is 0.472 e. The molecule has 0 spiro atoms. The van der Waals surface area contributed by atoms with E-state index in [0.717, 1.165) is 108 Å². The second kappa shape index (κ2) is 70.4. The fourth-order valence-electron chi connectivity index (χ4n) is 12.2. The molecule has 0 heterocycles. The fraction of sp³-hybridized carbons (Fsp3) is 0.950. The smallest absolute Gasteiger partial charge is 0.462 e. The maximum absolute atomic E-state index is 13.1. The van der Waals surface area contributed by atoms with Crippen LogP contribution in [0.4, 0.5) is 0 Å². The van der Waals surface area contributed by atoms with Crippen LogP contribution in [0.1, 0.15) is 414 Å². The minimum absolute atomic E-state index is 0.106. The van der Waals surface area contributed by atoms with Crippen LogP contribution in [0.25, 0.3) is 0 Å². The Kier molecular flexibility index (Phi) is 69.0. The molecule has 0 rings (SSSR count). The number of esters is 4. The molecule has 588 valence electrons. The summed E-state index contributed by atoms with van der Waals surface area (Å²) in [6.07, 6.45) is 58.0. The van der Waals surface area contributed by atoms with E-state index in [1.165, 1.54) is 225 Å². The van der Waals surface area contributed by atoms with Gasteiger partial charge in [-0.1, -0.05) is 363 Å². The highest BCUT2D eigenvalue weighted by molar-refractivity contribution is 7.47. The number of ether oxygens (including phenoxy) is 4. The highest BCUT2D eigenvalue weighted by Gasteiger charge is 2.30. The van der Waals surface area contributed by atoms with E-state index in [1.807, 2.05) is 0 Å². The van der Waals surface area contributed by atoms with Crippen molar-refractivity contribution >= 4 is 39.5 Å². The number of carbonyl (C=O) groups excluding carboxylic acids is 4. The average Bonchev–Trinajstić information content (AvgIpc) is 3.35. The number of rotatable bonds is 78. The number of phosphoric acid groups is 2. The van der Waals surface area contributed by atoms with Gasteiger partial charge in [-0.05, 0) is 43.4 Å². The van der Waals surface area contributed by atoms with Gasteiger partial charge in [0, 0.05) is 25.7 Å². The van der Waals surface area contributed by atoms with Crippen LogP contribution in [0.15, 0.2) is 0 Å². The number of aliphatic hydroxyl groups excluding tert-OH is 1. The van der Waals surface area contributed by atoms with Crippen LogP contribution >= 0.6 is 15.6 Å². The minimum Gasteiger partial charge on any atom is -0.462 e. The number of unbranched alkanes of at least 4 members (excludes halogenated alkanes) is 44. The quantitative estimate of drug-likeness (QED) is 0.0222. The highest BCUT2D eigenvalue weighted by Crippen LogP contribution is 2.45. The molecule has 0 aliphatic heterocycles. The standard InChI is InChI=1S/C80H156O17P2/c1-8-11-12-13-14-15-16-25-33-40-47-54-61-77(82)90-68-76(97-80(85)64-57-50-43-36-29-28-32-39-46-53-60-73(7)10-3)70-95-99(88,89)93-66-74(81)65-92-98(86,87)94-69-75(67-91-78(83)62-55-48-41-34-26-22-21-23-30-37-44-51-58-71(4)5)96-79(84)63-56-49-42-35-27-20-18-17-19-24-31-38-45-52-59-72(6)9-2/h71-76,81H,8-70H2,1-7H3,(H,86,87)(H,88,89)/t72?,73?,74-,75-,76-/m1/s1. The summed E-state index contributed by atoms with van der Waals surface area (Å²) in [5.41, 5.74) is 0. The molecular formula is C80H156O17P2. The number of hydrogen-bond donors (Lipinski definition) is 3. The summed E-state index contributed by atoms with van der Waals surface area (Å²) in [7, 11) is -9.92. The largest absolute Gasteiger partial charge is 0.472 e. The molecule has 0 aliphatic carbocycles. The number of carbonyl (C=O) groups is 4. The molecule has 0 bridgehead atoms. The van der Waals surface area contributed by atoms with Crippen molar-refractivity contribution in [2.24, 2.45) is 17.8 Å². The van der Waals surface area contributed by atoms with Crippen LogP contribution in [0.2, 0.25) is 0 Å². The molecule has 0 saturated carbocycles. The van der Waals surface area contributed by atoms with E-state index in [0.29, 0.717) is 25.7 Å². The molecule has 4 unspecified atom stereocenters. The molecule has 0 aliphatic rings. The lowest BCUT2D eigenvalue weighted by Crippen LogP contribution is -2.30. The van der Waals surface area contributed by atoms with Crippen molar-refractivity contribution in [1.29, 1.82) is 0 Å². The van der Waals surface area contributed by atoms with Gasteiger partial charge in [0.1, 0.15) is 19.3 Å². The first-order chi connectivity index (χ1) is 47.8. The summed E-state index contributed by atoms with van der Waals surface area (Å²) in [4.78, 5) is 73.0. The van der Waals surface area contributed by atoms with Crippen LogP contribution < -0.4 is 0 Å². The van der Waals surface area contributed by atoms with Crippen molar-refractivity contribution in [2.75, 3.05) is 39.6 Å². The summed E-state index contributed by atoms with van der Waals surface area (Å²) >= 11 is 0. The lowest BCUT2D eigenvalue weighted by Gasteiger charge is -2.21. The predicted molar refractivity (Wildman–Crippen MR) is 405 cm³/mol. The maximum atomic E-state index is 13.1. The van der Waals surface area contributed by atoms with Crippen LogP contribution in [0, 0.1) is 17.8 Å². The van der Waals surface area contributed by atoms with Gasteiger partial charge in [0.15, 0.2) is 12.2 Å². The van der Waals surface area contributed by atoms with Crippen LogP contribution in [-0.4, -0.2) is 96.7 Å². The van der Waals surface area contributed by atoms with Gasteiger partial charge in [-0.2, -0.15) is 0 Å². The van der Waals surface area contributed by atoms with E-state index in [1.54, 1.807) is 0 Å². The Balaban J connectivity index is 5.27. The monoisotopic (exact) mass is 1450 g/mol. The van der Waals surface area contributed by atoms with E-state index >= 15 is 0 Å². The molecule has 19 heteroatoms. The SMILES string of the molecule is CCCCCCCCCCCCCCC(=O)OC[C@H](COP(=O)(O)OC[C@H](O)COP(=O)(O)OC[C@@H](COC(=O)CCCCCCCCCCCCCCC(C)C)OC(=O)CCCCCCCCCCCCCCCCC(C)CC)OC(=O)CCCCCCCCCCCCC(C)CC. The lowest BCUT2D eigenvalue weighted by molar-refractivity contribution is -0.161. The molecule has 0 aromatic rings. The van der Waals surface area contributed by atoms with Crippen LogP contribution in [-0.2, 0) is 65.4 Å². The Hall–Kier alpha value is -1.94. The molecule has 17 nitrogen and oxygen atoms in total. The normalized spacial score (nSPS) is 14.5. The van der Waals surface area contributed by atoms with Gasteiger partial charge in [-0.15, -0.1) is 0 Å². The first-order valence-electron chi connectivity index (χ1n) is 41.4. The number of phosphoric ester groups is 2. The third-order valence-corrected chi connectivity index (χ3v) is 21.3. The Morgan fingerprint density at radius 1 is 0.293 bits per heavy atom. The van der Waals surface area contributed by atoms with E-state index in [-0.39, 0.29) is 25.7 Å². The zero-order chi connectivity index (χ0) is 73.0. The predicted octanol–water partition coefficient (Wildman–Crippen LogP) is 23.7. The van der Waals surface area contributed by atoms with Crippen molar-refractivity contribution in [2.45, 2.75) is 433 Å². The van der Waals surface area contributed by atoms with Gasteiger partial charge < -0.3 is 33.8 Å². The average molecular weight is 1450 g/mol. The molecule has 0 aromatic heterocycles. The van der Waals surface area contributed by atoms with Gasteiger partial charge in [0.05, 0.1) is 26.4 Å². The molecule has 0 radical (unpaired) electrons. The van der Waals surface area contributed by atoms with Gasteiger partial charge in [-0.3, -0.25) is 37.3 Å². The van der Waals surface area contributed by atoms with Crippen LogP contribution in [0.3, 0.4) is 0 Å². The Morgan fingerprint density at radius 2 is 0.515 bits per heavy atom. The highest BCUT2D eigenvalue weighted by atomic mass is 31.2. The van der Waals surface area contributed by atoms with E-state index in [9.17, 15) is 43.2 Å². The fourth-order valence-corrected chi connectivity index (χ4v) is 13.8. The molecule has 0 fully saturated rings. The first-order valence-corrected chi connectivity index (χ1v) is 44.4. The minimum atomic E-state index is -4.96. The summed E-state index contributed by atoms with van der Waals surface area (Å²) < 4.78 is 68.7. The van der Waals surface area contributed by atoms with Crippen molar-refractivity contribution in [3.8, 4) is 0 Å². The summed E-state index contributed by atoms with van der Waals surface area (Å²) in [6, 6.07) is 0. The van der Waals surface area contributed by atoms with Crippen molar-refractivity contribution in [1.82, 2.24) is 0 Å². The number of aliphatic hydroxyl groups is 1. The Bertz CT molecular complexity index is 1930. The van der Waals surface area contributed by atoms with Gasteiger partial charge >= 0.3 is 39.5 Å². The molecule has 0 saturated heterocycles. The van der Waals surface area contributed by atoms with Crippen molar-refractivity contribution in [3.05, 3.63) is 0 Å². The zero-order valence-electron chi connectivity index (χ0n) is 65.0. The van der Waals surface area contributed by atoms with Gasteiger partial charge in [-0.25, -0.2) is 9.13 Å². The zero-order valence-corrected chi connectivity index (χ0v) is 66.8. The lowest BCUT2D eigenvalue weighted by atomic mass is 9.99. The number of hydrogen-bond acceptors (Lipinski definition) is 15. The third-order valence-electron chi connectivity index (χ3n) is 19.4. The van der Waals surface area contributed by atoms with Crippen LogP contribution in [0.5, 0.6) is 0 Å². The van der Waals surface area contributed by atoms with E-state index in [2.05, 4.69) is 48.5 Å². The Morgan fingerprint density at radius 3 is 0.768 bits per heavy atom. The van der Waals surface area contributed by atoms with Crippen molar-refractivity contribution in [3.63, 3.8) is 0 Å². The van der Waals surface area contributed by atoms with E-state index < -0.39 is 97.5 Å². The second-order valence-electron chi connectivity index (χ2n) is 29.8. The molecule has 99 heavy (non-hydrogen) atoms. The summed E-state index contributed by atoms with van der Waals surface area (Å²) in [6.45, 7) is 12.0. The summed E-state index contributed by atoms with van der Waals surface area (Å²) in [5, 5.41) is 10.6. The van der Waals surface area contributed by atoms with Gasteiger partial charge in [0.25, 0.3) is 0 Å². The molecule has 3 N–H and O–H groups in total. The topological polar surface area (TPSA) is 237 Å². The third kappa shape index (κ3) is 71.5. The van der Waals surface area contributed by atoms with Crippen molar-refractivity contribution < 1.29 is 80.2 Å².